The molecule has 1 amide bonds. The Kier molecular flexibility index (Phi) is 6.77. The molecule has 7 nitrogen and oxygen atoms in total. The summed E-state index contributed by atoms with van der Waals surface area (Å²) in [6, 6.07) is 13.2. The second kappa shape index (κ2) is 9.13. The van der Waals surface area contributed by atoms with E-state index in [2.05, 4.69) is 10.3 Å². The molecule has 0 spiro atoms. The fourth-order valence-corrected chi connectivity index (χ4v) is 4.80. The zero-order valence-electron chi connectivity index (χ0n) is 16.5. The van der Waals surface area contributed by atoms with Crippen molar-refractivity contribution in [3.63, 3.8) is 0 Å². The van der Waals surface area contributed by atoms with E-state index in [1.54, 1.807) is 7.11 Å². The number of carbonyl (C=O) groups is 1. The van der Waals surface area contributed by atoms with E-state index in [0.29, 0.717) is 10.2 Å². The molecule has 158 valence electrons. The number of rotatable bonds is 7. The molecular formula is C20H20ClN3O4S2. The molecule has 0 aliphatic heterocycles. The van der Waals surface area contributed by atoms with Crippen molar-refractivity contribution in [2.45, 2.75) is 11.8 Å². The van der Waals surface area contributed by atoms with Crippen LogP contribution in [0, 0.1) is 6.92 Å². The van der Waals surface area contributed by atoms with E-state index in [4.69, 9.17) is 16.3 Å². The number of aryl methyl sites for hydroxylation is 1. The van der Waals surface area contributed by atoms with Crippen molar-refractivity contribution in [1.82, 2.24) is 9.29 Å². The first-order valence-electron chi connectivity index (χ1n) is 8.84. The zero-order chi connectivity index (χ0) is 21.9. The Bertz CT molecular complexity index is 1140. The normalized spacial score (nSPS) is 11.5. The van der Waals surface area contributed by atoms with Crippen LogP contribution in [0.4, 0.5) is 5.13 Å². The van der Waals surface area contributed by atoms with E-state index >= 15 is 0 Å². The molecule has 0 radical (unpaired) electrons. The van der Waals surface area contributed by atoms with Crippen molar-refractivity contribution in [3.05, 3.63) is 58.4 Å². The fraction of sp³-hybridized carbons (Fsp3) is 0.200. The highest BCUT2D eigenvalue weighted by Crippen LogP contribution is 2.31. The Morgan fingerprint density at radius 1 is 1.17 bits per heavy atom. The number of aromatic nitrogens is 1. The Morgan fingerprint density at radius 3 is 2.40 bits per heavy atom. The standard InChI is InChI=1S/C20H20ClN3O4S2/c1-13-19(14-4-8-16(28-3)9-5-14)23-20(29-13)22-18(25)12-24(2)30(26,27)17-10-6-15(21)7-11-17/h4-11H,12H2,1-3H3,(H,22,23,25). The predicted octanol–water partition coefficient (Wildman–Crippen LogP) is 4.04. The summed E-state index contributed by atoms with van der Waals surface area (Å²) in [4.78, 5) is 17.9. The highest BCUT2D eigenvalue weighted by Gasteiger charge is 2.23. The first-order valence-corrected chi connectivity index (χ1v) is 11.5. The summed E-state index contributed by atoms with van der Waals surface area (Å²) in [5.41, 5.74) is 1.65. The van der Waals surface area contributed by atoms with Crippen molar-refractivity contribution in [1.29, 1.82) is 0 Å². The molecule has 3 aromatic rings. The number of anilines is 1. The Hall–Kier alpha value is -2.46. The number of carbonyl (C=O) groups excluding carboxylic acids is 1. The minimum atomic E-state index is -3.81. The number of methoxy groups -OCH3 is 1. The van der Waals surface area contributed by atoms with Gasteiger partial charge < -0.3 is 10.1 Å². The first kappa shape index (κ1) is 22.2. The third-order valence-corrected chi connectivity index (χ3v) is 7.25. The summed E-state index contributed by atoms with van der Waals surface area (Å²) in [7, 11) is -0.866. The summed E-state index contributed by atoms with van der Waals surface area (Å²) in [6.07, 6.45) is 0. The van der Waals surface area contributed by atoms with Gasteiger partial charge >= 0.3 is 0 Å². The lowest BCUT2D eigenvalue weighted by atomic mass is 10.1. The number of amides is 1. The van der Waals surface area contributed by atoms with Crippen molar-refractivity contribution < 1.29 is 17.9 Å². The smallest absolute Gasteiger partial charge is 0.243 e. The molecule has 0 aliphatic rings. The average Bonchev–Trinajstić information content (AvgIpc) is 3.08. The number of sulfonamides is 1. The van der Waals surface area contributed by atoms with Gasteiger partial charge in [-0.2, -0.15) is 4.31 Å². The summed E-state index contributed by atoms with van der Waals surface area (Å²) in [5, 5.41) is 3.51. The number of hydrogen-bond donors (Lipinski definition) is 1. The van der Waals surface area contributed by atoms with Gasteiger partial charge in [0, 0.05) is 22.5 Å². The van der Waals surface area contributed by atoms with Crippen LogP contribution in [0.15, 0.2) is 53.4 Å². The maximum Gasteiger partial charge on any atom is 0.243 e. The van der Waals surface area contributed by atoms with E-state index in [1.165, 1.54) is 42.6 Å². The molecule has 30 heavy (non-hydrogen) atoms. The van der Waals surface area contributed by atoms with E-state index in [1.807, 2.05) is 31.2 Å². The van der Waals surface area contributed by atoms with Crippen LogP contribution < -0.4 is 10.1 Å². The van der Waals surface area contributed by atoms with Gasteiger partial charge in [0.05, 0.1) is 24.2 Å². The Labute approximate surface area is 184 Å². The maximum atomic E-state index is 12.6. The maximum absolute atomic E-state index is 12.6. The van der Waals surface area contributed by atoms with Crippen LogP contribution in [0.1, 0.15) is 4.88 Å². The van der Waals surface area contributed by atoms with Crippen molar-refractivity contribution in [2.24, 2.45) is 0 Å². The first-order chi connectivity index (χ1) is 14.2. The molecule has 0 fully saturated rings. The van der Waals surface area contributed by atoms with Crippen LogP contribution in [0.3, 0.4) is 0 Å². The molecule has 1 aromatic heterocycles. The molecule has 0 saturated heterocycles. The van der Waals surface area contributed by atoms with Crippen LogP contribution >= 0.6 is 22.9 Å². The number of thiazole rings is 1. The van der Waals surface area contributed by atoms with Gasteiger partial charge in [-0.25, -0.2) is 13.4 Å². The number of halogens is 1. The van der Waals surface area contributed by atoms with E-state index < -0.39 is 15.9 Å². The van der Waals surface area contributed by atoms with Gasteiger partial charge in [0.1, 0.15) is 5.75 Å². The number of hydrogen-bond acceptors (Lipinski definition) is 6. The predicted molar refractivity (Wildman–Crippen MR) is 119 cm³/mol. The SMILES string of the molecule is COc1ccc(-c2nc(NC(=O)CN(C)S(=O)(=O)c3ccc(Cl)cc3)sc2C)cc1. The Balaban J connectivity index is 1.69. The number of benzene rings is 2. The van der Waals surface area contributed by atoms with Gasteiger partial charge in [0.2, 0.25) is 15.9 Å². The molecule has 0 aliphatic carbocycles. The van der Waals surface area contributed by atoms with Crippen LogP contribution in [0.2, 0.25) is 5.02 Å². The number of nitrogens with zero attached hydrogens (tertiary/aromatic N) is 2. The third-order valence-electron chi connectivity index (χ3n) is 4.29. The van der Waals surface area contributed by atoms with E-state index in [9.17, 15) is 13.2 Å². The van der Waals surface area contributed by atoms with E-state index in [0.717, 1.165) is 26.2 Å². The minimum absolute atomic E-state index is 0.0640. The summed E-state index contributed by atoms with van der Waals surface area (Å²) in [5.74, 6) is 0.259. The van der Waals surface area contributed by atoms with Crippen molar-refractivity contribution in [3.8, 4) is 17.0 Å². The van der Waals surface area contributed by atoms with Gasteiger partial charge in [-0.15, -0.1) is 11.3 Å². The highest BCUT2D eigenvalue weighted by atomic mass is 35.5. The quantitative estimate of drug-likeness (QED) is 0.568. The largest absolute Gasteiger partial charge is 0.497 e. The molecule has 1 N–H and O–H groups in total. The lowest BCUT2D eigenvalue weighted by Gasteiger charge is -2.16. The number of ether oxygens (including phenoxy) is 1. The van der Waals surface area contributed by atoms with Gasteiger partial charge in [-0.3, -0.25) is 4.79 Å². The van der Waals surface area contributed by atoms with E-state index in [-0.39, 0.29) is 11.4 Å². The van der Waals surface area contributed by atoms with Crippen LogP contribution in [0.25, 0.3) is 11.3 Å². The van der Waals surface area contributed by atoms with Crippen LogP contribution in [-0.2, 0) is 14.8 Å². The summed E-state index contributed by atoms with van der Waals surface area (Å²) >= 11 is 7.13. The van der Waals surface area contributed by atoms with Gasteiger partial charge in [0.25, 0.3) is 0 Å². The Morgan fingerprint density at radius 2 is 1.80 bits per heavy atom. The minimum Gasteiger partial charge on any atom is -0.497 e. The number of nitrogens with one attached hydrogen (secondary N) is 1. The molecule has 10 heteroatoms. The lowest BCUT2D eigenvalue weighted by molar-refractivity contribution is -0.116. The topological polar surface area (TPSA) is 88.6 Å². The molecule has 0 unspecified atom stereocenters. The number of likely N-dealkylation sites (N-methyl/N-ethyl adjacent to an activating group) is 1. The third kappa shape index (κ3) is 4.99. The molecule has 0 saturated carbocycles. The highest BCUT2D eigenvalue weighted by molar-refractivity contribution is 7.89. The van der Waals surface area contributed by atoms with Gasteiger partial charge in [-0.05, 0) is 55.5 Å². The molecule has 2 aromatic carbocycles. The monoisotopic (exact) mass is 465 g/mol. The summed E-state index contributed by atoms with van der Waals surface area (Å²) in [6.45, 7) is 1.56. The van der Waals surface area contributed by atoms with Crippen LogP contribution in [-0.4, -0.2) is 44.3 Å². The fourth-order valence-electron chi connectivity index (χ4n) is 2.70. The van der Waals surface area contributed by atoms with Crippen molar-refractivity contribution in [2.75, 3.05) is 26.0 Å². The van der Waals surface area contributed by atoms with Gasteiger partial charge in [-0.1, -0.05) is 11.6 Å². The zero-order valence-corrected chi connectivity index (χ0v) is 18.9. The van der Waals surface area contributed by atoms with Gasteiger partial charge in [0.15, 0.2) is 5.13 Å². The van der Waals surface area contributed by atoms with Crippen LogP contribution in [0.5, 0.6) is 5.75 Å². The molecule has 0 bridgehead atoms. The molecule has 3 rings (SSSR count). The second-order valence-electron chi connectivity index (χ2n) is 6.42. The summed E-state index contributed by atoms with van der Waals surface area (Å²) < 4.78 is 31.4. The molecule has 0 atom stereocenters. The second-order valence-corrected chi connectivity index (χ2v) is 10.1. The average molecular weight is 466 g/mol. The van der Waals surface area contributed by atoms with Crippen molar-refractivity contribution >= 4 is 44.0 Å². The molecule has 1 heterocycles. The molecular weight excluding hydrogens is 446 g/mol. The lowest BCUT2D eigenvalue weighted by Crippen LogP contribution is -2.34.